The van der Waals surface area contributed by atoms with Gasteiger partial charge in [0.25, 0.3) is 5.91 Å². The van der Waals surface area contributed by atoms with Gasteiger partial charge in [0.15, 0.2) is 11.5 Å². The predicted molar refractivity (Wildman–Crippen MR) is 98.2 cm³/mol. The van der Waals surface area contributed by atoms with Gasteiger partial charge < -0.3 is 15.0 Å². The number of aromatic nitrogens is 2. The molecule has 2 aromatic rings. The third kappa shape index (κ3) is 4.26. The summed E-state index contributed by atoms with van der Waals surface area (Å²) in [5, 5.41) is 11.2. The zero-order valence-corrected chi connectivity index (χ0v) is 14.7. The number of rotatable bonds is 5. The maximum Gasteiger partial charge on any atom is 0.276 e. The number of nitrogens with one attached hydrogen (secondary N) is 1. The third-order valence-corrected chi connectivity index (χ3v) is 4.43. The molecule has 2 heterocycles. The fourth-order valence-corrected chi connectivity index (χ4v) is 2.89. The smallest absolute Gasteiger partial charge is 0.276 e. The average molecular weight is 340 g/mol. The Labute approximate surface area is 148 Å². The summed E-state index contributed by atoms with van der Waals surface area (Å²) in [6.45, 7) is 6.70. The first-order valence-corrected chi connectivity index (χ1v) is 8.79. The zero-order chi connectivity index (χ0) is 17.6. The second-order valence-corrected chi connectivity index (χ2v) is 6.33. The Morgan fingerprint density at radius 3 is 2.64 bits per heavy atom. The molecule has 3 rings (SSSR count). The van der Waals surface area contributed by atoms with Crippen LogP contribution in [0.3, 0.4) is 0 Å². The summed E-state index contributed by atoms with van der Waals surface area (Å²) in [5.41, 5.74) is 0.922. The monoisotopic (exact) mass is 340 g/mol. The van der Waals surface area contributed by atoms with Crippen molar-refractivity contribution in [2.75, 3.05) is 29.9 Å². The van der Waals surface area contributed by atoms with Gasteiger partial charge in [0, 0.05) is 13.1 Å². The molecule has 0 saturated carbocycles. The van der Waals surface area contributed by atoms with Crippen molar-refractivity contribution in [3.05, 3.63) is 42.1 Å². The summed E-state index contributed by atoms with van der Waals surface area (Å²) in [5.74, 6) is 1.95. The molecule has 1 aromatic heterocycles. The molecule has 1 aromatic carbocycles. The molecule has 6 nitrogen and oxygen atoms in total. The van der Waals surface area contributed by atoms with E-state index in [1.807, 2.05) is 31.2 Å². The average Bonchev–Trinajstić information content (AvgIpc) is 2.64. The van der Waals surface area contributed by atoms with Crippen molar-refractivity contribution in [1.29, 1.82) is 0 Å². The standard InChI is InChI=1S/C19H24N4O2/c1-3-25-17-7-5-4-6-15(17)20-19(24)16-8-9-18(22-21-16)23-12-10-14(2)11-13-23/h4-9,14H,3,10-13H2,1-2H3,(H,20,24). The third-order valence-electron chi connectivity index (χ3n) is 4.43. The molecule has 0 bridgehead atoms. The van der Waals surface area contributed by atoms with Crippen LogP contribution in [0.1, 0.15) is 37.2 Å². The molecule has 1 aliphatic heterocycles. The van der Waals surface area contributed by atoms with Crippen LogP contribution in [0.25, 0.3) is 0 Å². The van der Waals surface area contributed by atoms with Crippen molar-refractivity contribution in [3.63, 3.8) is 0 Å². The first-order chi connectivity index (χ1) is 12.2. The van der Waals surface area contributed by atoms with E-state index in [2.05, 4.69) is 27.3 Å². The molecule has 0 spiro atoms. The van der Waals surface area contributed by atoms with Crippen LogP contribution in [0.15, 0.2) is 36.4 Å². The normalized spacial score (nSPS) is 15.0. The van der Waals surface area contributed by atoms with Crippen molar-refractivity contribution in [3.8, 4) is 5.75 Å². The molecule has 0 unspecified atom stereocenters. The molecule has 25 heavy (non-hydrogen) atoms. The first kappa shape index (κ1) is 17.2. The summed E-state index contributed by atoms with van der Waals surface area (Å²) < 4.78 is 5.52. The molecule has 1 aliphatic rings. The van der Waals surface area contributed by atoms with Gasteiger partial charge in [-0.2, -0.15) is 0 Å². The number of hydrogen-bond donors (Lipinski definition) is 1. The van der Waals surface area contributed by atoms with Crippen molar-refractivity contribution >= 4 is 17.4 Å². The van der Waals surface area contributed by atoms with Gasteiger partial charge in [0.05, 0.1) is 12.3 Å². The molecule has 1 amide bonds. The number of amides is 1. The fraction of sp³-hybridized carbons (Fsp3) is 0.421. The number of piperidine rings is 1. The van der Waals surface area contributed by atoms with E-state index in [1.165, 1.54) is 0 Å². The minimum Gasteiger partial charge on any atom is -0.492 e. The highest BCUT2D eigenvalue weighted by Gasteiger charge is 2.18. The lowest BCUT2D eigenvalue weighted by Crippen LogP contribution is -2.33. The largest absolute Gasteiger partial charge is 0.492 e. The van der Waals surface area contributed by atoms with E-state index in [0.717, 1.165) is 37.7 Å². The number of carbonyl (C=O) groups excluding carboxylic acids is 1. The molecule has 1 fully saturated rings. The molecule has 132 valence electrons. The molecular formula is C19H24N4O2. The van der Waals surface area contributed by atoms with Gasteiger partial charge in [-0.1, -0.05) is 19.1 Å². The van der Waals surface area contributed by atoms with Crippen LogP contribution in [-0.2, 0) is 0 Å². The summed E-state index contributed by atoms with van der Waals surface area (Å²) in [6, 6.07) is 10.9. The van der Waals surface area contributed by atoms with Crippen molar-refractivity contribution in [1.82, 2.24) is 10.2 Å². The van der Waals surface area contributed by atoms with Gasteiger partial charge in [-0.15, -0.1) is 10.2 Å². The Hall–Kier alpha value is -2.63. The number of para-hydroxylation sites is 2. The SMILES string of the molecule is CCOc1ccccc1NC(=O)c1ccc(N2CCC(C)CC2)nn1. The number of benzene rings is 1. The van der Waals surface area contributed by atoms with Crippen LogP contribution >= 0.6 is 0 Å². The highest BCUT2D eigenvalue weighted by molar-refractivity contribution is 6.03. The first-order valence-electron chi connectivity index (χ1n) is 8.79. The van der Waals surface area contributed by atoms with Crippen LogP contribution < -0.4 is 15.0 Å². The van der Waals surface area contributed by atoms with Gasteiger partial charge in [0.1, 0.15) is 5.75 Å². The van der Waals surface area contributed by atoms with E-state index in [0.29, 0.717) is 23.7 Å². The van der Waals surface area contributed by atoms with E-state index in [4.69, 9.17) is 4.74 Å². The maximum atomic E-state index is 12.4. The molecule has 0 atom stereocenters. The predicted octanol–water partition coefficient (Wildman–Crippen LogP) is 3.36. The Balaban J connectivity index is 1.67. The van der Waals surface area contributed by atoms with Gasteiger partial charge in [-0.25, -0.2) is 0 Å². The quantitative estimate of drug-likeness (QED) is 0.904. The van der Waals surface area contributed by atoms with Gasteiger partial charge in [0.2, 0.25) is 0 Å². The second-order valence-electron chi connectivity index (χ2n) is 6.33. The molecule has 1 N–H and O–H groups in total. The van der Waals surface area contributed by atoms with Crippen LogP contribution in [0.5, 0.6) is 5.75 Å². The van der Waals surface area contributed by atoms with Gasteiger partial charge in [-0.05, 0) is 49.9 Å². The lowest BCUT2D eigenvalue weighted by molar-refractivity contribution is 0.102. The van der Waals surface area contributed by atoms with E-state index >= 15 is 0 Å². The Morgan fingerprint density at radius 2 is 1.96 bits per heavy atom. The van der Waals surface area contributed by atoms with Crippen molar-refractivity contribution in [2.45, 2.75) is 26.7 Å². The van der Waals surface area contributed by atoms with Crippen LogP contribution in [-0.4, -0.2) is 35.8 Å². The highest BCUT2D eigenvalue weighted by atomic mass is 16.5. The van der Waals surface area contributed by atoms with Gasteiger partial charge >= 0.3 is 0 Å². The number of ether oxygens (including phenoxy) is 1. The van der Waals surface area contributed by atoms with E-state index < -0.39 is 0 Å². The van der Waals surface area contributed by atoms with Crippen LogP contribution in [0, 0.1) is 5.92 Å². The zero-order valence-electron chi connectivity index (χ0n) is 14.7. The van der Waals surface area contributed by atoms with Crippen molar-refractivity contribution in [2.24, 2.45) is 5.92 Å². The molecule has 6 heteroatoms. The summed E-state index contributed by atoms with van der Waals surface area (Å²) in [6.07, 6.45) is 2.33. The van der Waals surface area contributed by atoms with E-state index in [-0.39, 0.29) is 5.91 Å². The summed E-state index contributed by atoms with van der Waals surface area (Å²) in [4.78, 5) is 14.6. The summed E-state index contributed by atoms with van der Waals surface area (Å²) in [7, 11) is 0. The molecule has 0 aliphatic carbocycles. The maximum absolute atomic E-state index is 12.4. The van der Waals surface area contributed by atoms with Crippen LogP contribution in [0.2, 0.25) is 0 Å². The minimum absolute atomic E-state index is 0.292. The molecule has 0 radical (unpaired) electrons. The Kier molecular flexibility index (Phi) is 5.48. The number of anilines is 2. The van der Waals surface area contributed by atoms with Gasteiger partial charge in [-0.3, -0.25) is 4.79 Å². The lowest BCUT2D eigenvalue weighted by atomic mass is 9.99. The summed E-state index contributed by atoms with van der Waals surface area (Å²) >= 11 is 0. The minimum atomic E-state index is -0.293. The number of hydrogen-bond acceptors (Lipinski definition) is 5. The number of nitrogens with zero attached hydrogens (tertiary/aromatic N) is 3. The Bertz CT molecular complexity index is 710. The van der Waals surface area contributed by atoms with Crippen molar-refractivity contribution < 1.29 is 9.53 Å². The van der Waals surface area contributed by atoms with E-state index in [9.17, 15) is 4.79 Å². The van der Waals surface area contributed by atoms with Crippen LogP contribution in [0.4, 0.5) is 11.5 Å². The number of carbonyl (C=O) groups is 1. The molecular weight excluding hydrogens is 316 g/mol. The molecule has 1 saturated heterocycles. The highest BCUT2D eigenvalue weighted by Crippen LogP contribution is 2.24. The lowest BCUT2D eigenvalue weighted by Gasteiger charge is -2.30. The topological polar surface area (TPSA) is 67.3 Å². The Morgan fingerprint density at radius 1 is 1.20 bits per heavy atom. The van der Waals surface area contributed by atoms with E-state index in [1.54, 1.807) is 12.1 Å². The fourth-order valence-electron chi connectivity index (χ4n) is 2.89. The second kappa shape index (κ2) is 7.96.